The van der Waals surface area contributed by atoms with Crippen molar-refractivity contribution in [2.75, 3.05) is 19.7 Å². The van der Waals surface area contributed by atoms with E-state index in [1.54, 1.807) is 0 Å². The normalized spacial score (nSPS) is 34.2. The molecule has 0 bridgehead atoms. The second kappa shape index (κ2) is 3.91. The van der Waals surface area contributed by atoms with Crippen LogP contribution in [0.1, 0.15) is 13.3 Å². The van der Waals surface area contributed by atoms with Gasteiger partial charge in [-0.25, -0.2) is 0 Å². The van der Waals surface area contributed by atoms with Crippen LogP contribution in [0.25, 0.3) is 0 Å². The number of ether oxygens (including phenoxy) is 1. The van der Waals surface area contributed by atoms with E-state index in [2.05, 4.69) is 5.32 Å². The van der Waals surface area contributed by atoms with E-state index in [1.807, 2.05) is 6.92 Å². The third-order valence-corrected chi connectivity index (χ3v) is 1.77. The molecule has 1 heterocycles. The summed E-state index contributed by atoms with van der Waals surface area (Å²) in [6.45, 7) is 4.32. The molecule has 3 heteroatoms. The van der Waals surface area contributed by atoms with Crippen LogP contribution < -0.4 is 5.32 Å². The van der Waals surface area contributed by atoms with E-state index < -0.39 is 0 Å². The predicted molar refractivity (Wildman–Crippen MR) is 38.9 cm³/mol. The zero-order valence-corrected chi connectivity index (χ0v) is 6.34. The molecular weight excluding hydrogens is 130 g/mol. The van der Waals surface area contributed by atoms with Crippen molar-refractivity contribution in [3.05, 3.63) is 0 Å². The zero-order chi connectivity index (χ0) is 7.40. The Morgan fingerprint density at radius 3 is 3.10 bits per heavy atom. The van der Waals surface area contributed by atoms with Gasteiger partial charge in [-0.2, -0.15) is 0 Å². The molecule has 1 aliphatic rings. The minimum absolute atomic E-state index is 0.0127. The predicted octanol–water partition coefficient (Wildman–Crippen LogP) is -0.254. The largest absolute Gasteiger partial charge is 0.390 e. The molecule has 2 N–H and O–H groups in total. The van der Waals surface area contributed by atoms with E-state index in [1.165, 1.54) is 0 Å². The third-order valence-electron chi connectivity index (χ3n) is 1.77. The number of aliphatic hydroxyl groups is 1. The molecule has 0 amide bonds. The Kier molecular flexibility index (Phi) is 3.12. The van der Waals surface area contributed by atoms with Crippen molar-refractivity contribution in [2.24, 2.45) is 0 Å². The van der Waals surface area contributed by atoms with Crippen LogP contribution in [0.4, 0.5) is 0 Å². The summed E-state index contributed by atoms with van der Waals surface area (Å²) in [7, 11) is 0. The fourth-order valence-corrected chi connectivity index (χ4v) is 1.20. The molecular formula is C7H15NO2. The molecule has 0 aromatic heterocycles. The standard InChI is InChI=1S/C7H15NO2/c1-2-10-7-5-8-4-3-6(7)9/h6-9H,2-5H2,1H3. The Hall–Kier alpha value is -0.120. The molecule has 2 unspecified atom stereocenters. The third kappa shape index (κ3) is 1.94. The molecule has 0 aromatic carbocycles. The van der Waals surface area contributed by atoms with Crippen LogP contribution in [-0.4, -0.2) is 37.0 Å². The molecule has 1 rings (SSSR count). The number of rotatable bonds is 2. The monoisotopic (exact) mass is 145 g/mol. The molecule has 0 radical (unpaired) electrons. The Bertz CT molecular complexity index is 95.6. The lowest BCUT2D eigenvalue weighted by Crippen LogP contribution is -2.45. The van der Waals surface area contributed by atoms with Crippen LogP contribution in [-0.2, 0) is 4.74 Å². The van der Waals surface area contributed by atoms with Gasteiger partial charge in [0.15, 0.2) is 0 Å². The second-order valence-electron chi connectivity index (χ2n) is 2.55. The fraction of sp³-hybridized carbons (Fsp3) is 1.00. The van der Waals surface area contributed by atoms with E-state index >= 15 is 0 Å². The van der Waals surface area contributed by atoms with Crippen LogP contribution >= 0.6 is 0 Å². The molecule has 10 heavy (non-hydrogen) atoms. The van der Waals surface area contributed by atoms with Crippen LogP contribution in [0, 0.1) is 0 Å². The molecule has 1 saturated heterocycles. The number of nitrogens with one attached hydrogen (secondary N) is 1. The van der Waals surface area contributed by atoms with Gasteiger partial charge in [0.1, 0.15) is 0 Å². The van der Waals surface area contributed by atoms with Gasteiger partial charge in [-0.05, 0) is 19.9 Å². The van der Waals surface area contributed by atoms with Gasteiger partial charge in [0, 0.05) is 13.2 Å². The molecule has 0 spiro atoms. The van der Waals surface area contributed by atoms with Crippen molar-refractivity contribution >= 4 is 0 Å². The number of hydrogen-bond acceptors (Lipinski definition) is 3. The molecule has 1 aliphatic heterocycles. The van der Waals surface area contributed by atoms with Crippen molar-refractivity contribution in [3.8, 4) is 0 Å². The summed E-state index contributed by atoms with van der Waals surface area (Å²) < 4.78 is 5.28. The summed E-state index contributed by atoms with van der Waals surface area (Å²) in [5.41, 5.74) is 0. The van der Waals surface area contributed by atoms with Gasteiger partial charge in [0.05, 0.1) is 12.2 Å². The Morgan fingerprint density at radius 1 is 1.70 bits per heavy atom. The SMILES string of the molecule is CCOC1CNCCC1O. The first-order valence-electron chi connectivity index (χ1n) is 3.85. The van der Waals surface area contributed by atoms with E-state index in [0.717, 1.165) is 19.5 Å². The number of hydrogen-bond donors (Lipinski definition) is 2. The van der Waals surface area contributed by atoms with Crippen LogP contribution in [0.5, 0.6) is 0 Å². The Morgan fingerprint density at radius 2 is 2.50 bits per heavy atom. The summed E-state index contributed by atoms with van der Waals surface area (Å²) in [6.07, 6.45) is 0.560. The summed E-state index contributed by atoms with van der Waals surface area (Å²) in [4.78, 5) is 0. The van der Waals surface area contributed by atoms with Gasteiger partial charge < -0.3 is 15.2 Å². The van der Waals surface area contributed by atoms with Crippen molar-refractivity contribution < 1.29 is 9.84 Å². The van der Waals surface area contributed by atoms with E-state index in [0.29, 0.717) is 6.61 Å². The summed E-state index contributed by atoms with van der Waals surface area (Å²) in [5.74, 6) is 0. The lowest BCUT2D eigenvalue weighted by molar-refractivity contribution is -0.0460. The minimum Gasteiger partial charge on any atom is -0.390 e. The minimum atomic E-state index is -0.263. The molecule has 60 valence electrons. The number of piperidine rings is 1. The van der Waals surface area contributed by atoms with E-state index in [9.17, 15) is 5.11 Å². The topological polar surface area (TPSA) is 41.5 Å². The van der Waals surface area contributed by atoms with Crippen LogP contribution in [0.2, 0.25) is 0 Å². The maximum absolute atomic E-state index is 9.34. The molecule has 0 aromatic rings. The molecule has 0 saturated carbocycles. The van der Waals surface area contributed by atoms with Crippen molar-refractivity contribution in [2.45, 2.75) is 25.6 Å². The lowest BCUT2D eigenvalue weighted by atomic mass is 10.1. The van der Waals surface area contributed by atoms with Gasteiger partial charge in [0.25, 0.3) is 0 Å². The highest BCUT2D eigenvalue weighted by Gasteiger charge is 2.22. The smallest absolute Gasteiger partial charge is 0.0958 e. The Labute approximate surface area is 61.4 Å². The highest BCUT2D eigenvalue weighted by atomic mass is 16.5. The summed E-state index contributed by atoms with van der Waals surface area (Å²) in [5, 5.41) is 12.5. The average molecular weight is 145 g/mol. The maximum atomic E-state index is 9.34. The van der Waals surface area contributed by atoms with Crippen molar-refractivity contribution in [1.29, 1.82) is 0 Å². The van der Waals surface area contributed by atoms with Gasteiger partial charge in [-0.15, -0.1) is 0 Å². The highest BCUT2D eigenvalue weighted by Crippen LogP contribution is 2.06. The van der Waals surface area contributed by atoms with Gasteiger partial charge in [0.2, 0.25) is 0 Å². The summed E-state index contributed by atoms with van der Waals surface area (Å²) >= 11 is 0. The summed E-state index contributed by atoms with van der Waals surface area (Å²) in [6, 6.07) is 0. The Balaban J connectivity index is 2.25. The first-order valence-corrected chi connectivity index (χ1v) is 3.85. The van der Waals surface area contributed by atoms with Crippen molar-refractivity contribution in [1.82, 2.24) is 5.32 Å². The highest BCUT2D eigenvalue weighted by molar-refractivity contribution is 4.77. The lowest BCUT2D eigenvalue weighted by Gasteiger charge is -2.27. The molecule has 3 nitrogen and oxygen atoms in total. The van der Waals surface area contributed by atoms with Crippen molar-refractivity contribution in [3.63, 3.8) is 0 Å². The molecule has 0 aliphatic carbocycles. The van der Waals surface area contributed by atoms with E-state index in [4.69, 9.17) is 4.74 Å². The second-order valence-corrected chi connectivity index (χ2v) is 2.55. The first-order chi connectivity index (χ1) is 4.84. The van der Waals surface area contributed by atoms with Crippen LogP contribution in [0.3, 0.4) is 0 Å². The molecule has 2 atom stereocenters. The fourth-order valence-electron chi connectivity index (χ4n) is 1.20. The number of aliphatic hydroxyl groups excluding tert-OH is 1. The quantitative estimate of drug-likeness (QED) is 0.563. The molecule has 1 fully saturated rings. The average Bonchev–Trinajstić information content (AvgIpc) is 1.94. The van der Waals surface area contributed by atoms with Gasteiger partial charge >= 0.3 is 0 Å². The van der Waals surface area contributed by atoms with Gasteiger partial charge in [-0.1, -0.05) is 0 Å². The van der Waals surface area contributed by atoms with E-state index in [-0.39, 0.29) is 12.2 Å². The first kappa shape index (κ1) is 7.98. The van der Waals surface area contributed by atoms with Crippen LogP contribution in [0.15, 0.2) is 0 Å². The zero-order valence-electron chi connectivity index (χ0n) is 6.34. The maximum Gasteiger partial charge on any atom is 0.0958 e. The van der Waals surface area contributed by atoms with Gasteiger partial charge in [-0.3, -0.25) is 0 Å².